The lowest BCUT2D eigenvalue weighted by Gasteiger charge is -2.08. The van der Waals surface area contributed by atoms with Crippen LogP contribution in [0.5, 0.6) is 0 Å². The molecular weight excluding hydrogens is 236 g/mol. The number of hydrogen-bond donors (Lipinski definition) is 1. The van der Waals surface area contributed by atoms with Crippen molar-refractivity contribution >= 4 is 0 Å². The standard InChI is InChI=1S/C15H16N4/c1-2-12-5-3-8-19-15(12)11-17-10-13-6-4-7-18-14(13)9-16/h3-8,17H,2,10-11H2,1H3. The minimum absolute atomic E-state index is 0.478. The monoisotopic (exact) mass is 252 g/mol. The summed E-state index contributed by atoms with van der Waals surface area (Å²) in [7, 11) is 0. The zero-order valence-electron chi connectivity index (χ0n) is 10.9. The highest BCUT2D eigenvalue weighted by Crippen LogP contribution is 2.07. The summed E-state index contributed by atoms with van der Waals surface area (Å²) in [6.07, 6.45) is 4.41. The van der Waals surface area contributed by atoms with Gasteiger partial charge in [0.25, 0.3) is 0 Å². The number of hydrogen-bond acceptors (Lipinski definition) is 4. The number of nitrogens with one attached hydrogen (secondary N) is 1. The van der Waals surface area contributed by atoms with Crippen LogP contribution >= 0.6 is 0 Å². The van der Waals surface area contributed by atoms with Crippen molar-refractivity contribution in [2.24, 2.45) is 0 Å². The molecule has 0 saturated carbocycles. The molecule has 2 aromatic rings. The Bertz CT molecular complexity index is 587. The zero-order valence-corrected chi connectivity index (χ0v) is 10.9. The molecule has 0 spiro atoms. The topological polar surface area (TPSA) is 61.6 Å². The molecule has 0 fully saturated rings. The molecule has 0 aliphatic carbocycles. The van der Waals surface area contributed by atoms with E-state index in [9.17, 15) is 0 Å². The van der Waals surface area contributed by atoms with Gasteiger partial charge in [0.15, 0.2) is 0 Å². The molecule has 0 atom stereocenters. The maximum Gasteiger partial charge on any atom is 0.144 e. The van der Waals surface area contributed by atoms with Crippen LogP contribution in [-0.4, -0.2) is 9.97 Å². The summed E-state index contributed by atoms with van der Waals surface area (Å²) in [5, 5.41) is 12.3. The molecule has 0 aliphatic heterocycles. The Kier molecular flexibility index (Phi) is 4.60. The van der Waals surface area contributed by atoms with Crippen molar-refractivity contribution in [2.45, 2.75) is 26.4 Å². The van der Waals surface area contributed by atoms with Gasteiger partial charge >= 0.3 is 0 Å². The number of aromatic nitrogens is 2. The minimum atomic E-state index is 0.478. The highest BCUT2D eigenvalue weighted by Gasteiger charge is 2.04. The molecular formula is C15H16N4. The van der Waals surface area contributed by atoms with E-state index in [0.717, 1.165) is 17.7 Å². The number of pyridine rings is 2. The van der Waals surface area contributed by atoms with Gasteiger partial charge in [0.2, 0.25) is 0 Å². The van der Waals surface area contributed by atoms with Crippen LogP contribution in [0.25, 0.3) is 0 Å². The molecule has 2 rings (SSSR count). The Morgan fingerprint density at radius 1 is 1.11 bits per heavy atom. The first-order valence-corrected chi connectivity index (χ1v) is 6.32. The Morgan fingerprint density at radius 3 is 2.58 bits per heavy atom. The normalized spacial score (nSPS) is 10.1. The molecule has 0 amide bonds. The lowest BCUT2D eigenvalue weighted by Crippen LogP contribution is -2.16. The van der Waals surface area contributed by atoms with E-state index in [1.807, 2.05) is 18.2 Å². The first-order valence-electron chi connectivity index (χ1n) is 6.32. The van der Waals surface area contributed by atoms with Gasteiger partial charge in [-0.2, -0.15) is 5.26 Å². The van der Waals surface area contributed by atoms with E-state index in [0.29, 0.717) is 18.8 Å². The second-order valence-electron chi connectivity index (χ2n) is 4.19. The minimum Gasteiger partial charge on any atom is -0.307 e. The van der Waals surface area contributed by atoms with Gasteiger partial charge in [0, 0.05) is 31.0 Å². The second-order valence-corrected chi connectivity index (χ2v) is 4.19. The van der Waals surface area contributed by atoms with Gasteiger partial charge in [-0.25, -0.2) is 4.98 Å². The largest absolute Gasteiger partial charge is 0.307 e. The third-order valence-corrected chi connectivity index (χ3v) is 2.97. The van der Waals surface area contributed by atoms with Crippen LogP contribution in [0.1, 0.15) is 29.4 Å². The second kappa shape index (κ2) is 6.62. The highest BCUT2D eigenvalue weighted by molar-refractivity contribution is 5.30. The molecule has 96 valence electrons. The maximum absolute atomic E-state index is 8.96. The summed E-state index contributed by atoms with van der Waals surface area (Å²) < 4.78 is 0. The average Bonchev–Trinajstić information content (AvgIpc) is 2.48. The van der Waals surface area contributed by atoms with Crippen LogP contribution in [0.3, 0.4) is 0 Å². The van der Waals surface area contributed by atoms with Crippen LogP contribution < -0.4 is 5.32 Å². The number of nitrogens with zero attached hydrogens (tertiary/aromatic N) is 3. The zero-order chi connectivity index (χ0) is 13.5. The molecule has 0 aromatic carbocycles. The van der Waals surface area contributed by atoms with Crippen LogP contribution in [-0.2, 0) is 19.5 Å². The van der Waals surface area contributed by atoms with Gasteiger partial charge in [-0.15, -0.1) is 0 Å². The summed E-state index contributed by atoms with van der Waals surface area (Å²) >= 11 is 0. The lowest BCUT2D eigenvalue weighted by molar-refractivity contribution is 0.670. The number of aryl methyl sites for hydroxylation is 1. The third kappa shape index (κ3) is 3.36. The summed E-state index contributed by atoms with van der Waals surface area (Å²) in [6, 6.07) is 9.91. The molecule has 2 heterocycles. The molecule has 0 bridgehead atoms. The van der Waals surface area contributed by atoms with Gasteiger partial charge in [-0.05, 0) is 24.1 Å². The molecule has 0 unspecified atom stereocenters. The number of rotatable bonds is 5. The molecule has 0 saturated heterocycles. The average molecular weight is 252 g/mol. The van der Waals surface area contributed by atoms with Crippen molar-refractivity contribution < 1.29 is 0 Å². The SMILES string of the molecule is CCc1cccnc1CNCc1cccnc1C#N. The Balaban J connectivity index is 1.99. The summed E-state index contributed by atoms with van der Waals surface area (Å²) in [5.41, 5.74) is 3.71. The van der Waals surface area contributed by atoms with E-state index < -0.39 is 0 Å². The molecule has 0 radical (unpaired) electrons. The van der Waals surface area contributed by atoms with Gasteiger partial charge in [0.1, 0.15) is 11.8 Å². The lowest BCUT2D eigenvalue weighted by atomic mass is 10.1. The van der Waals surface area contributed by atoms with Gasteiger partial charge < -0.3 is 5.32 Å². The van der Waals surface area contributed by atoms with Gasteiger partial charge in [-0.3, -0.25) is 4.98 Å². The fraction of sp³-hybridized carbons (Fsp3) is 0.267. The van der Waals surface area contributed by atoms with E-state index in [-0.39, 0.29) is 0 Å². The number of nitriles is 1. The summed E-state index contributed by atoms with van der Waals surface area (Å²) in [5.74, 6) is 0. The van der Waals surface area contributed by atoms with E-state index in [2.05, 4.69) is 34.3 Å². The molecule has 4 nitrogen and oxygen atoms in total. The molecule has 19 heavy (non-hydrogen) atoms. The van der Waals surface area contributed by atoms with Crippen LogP contribution in [0.15, 0.2) is 36.7 Å². The van der Waals surface area contributed by atoms with Gasteiger partial charge in [0.05, 0.1) is 5.69 Å². The Hall–Kier alpha value is -2.25. The van der Waals surface area contributed by atoms with Crippen molar-refractivity contribution in [3.63, 3.8) is 0 Å². The van der Waals surface area contributed by atoms with Crippen molar-refractivity contribution in [1.82, 2.24) is 15.3 Å². The molecule has 2 aromatic heterocycles. The Morgan fingerprint density at radius 2 is 1.84 bits per heavy atom. The third-order valence-electron chi connectivity index (χ3n) is 2.97. The van der Waals surface area contributed by atoms with E-state index in [1.165, 1.54) is 5.56 Å². The quantitative estimate of drug-likeness (QED) is 0.886. The molecule has 4 heteroatoms. The van der Waals surface area contributed by atoms with Crippen molar-refractivity contribution in [1.29, 1.82) is 5.26 Å². The fourth-order valence-corrected chi connectivity index (χ4v) is 1.95. The molecule has 0 aliphatic rings. The molecule has 1 N–H and O–H groups in total. The summed E-state index contributed by atoms with van der Waals surface area (Å²) in [6.45, 7) is 3.44. The van der Waals surface area contributed by atoms with Crippen molar-refractivity contribution in [3.8, 4) is 6.07 Å². The van der Waals surface area contributed by atoms with Crippen LogP contribution in [0.4, 0.5) is 0 Å². The van der Waals surface area contributed by atoms with Crippen LogP contribution in [0, 0.1) is 11.3 Å². The van der Waals surface area contributed by atoms with E-state index in [1.54, 1.807) is 12.4 Å². The first kappa shape index (κ1) is 13.2. The fourth-order valence-electron chi connectivity index (χ4n) is 1.95. The van der Waals surface area contributed by atoms with Gasteiger partial charge in [-0.1, -0.05) is 19.1 Å². The predicted octanol–water partition coefficient (Wildman–Crippen LogP) is 2.20. The first-order chi connectivity index (χ1) is 9.35. The smallest absolute Gasteiger partial charge is 0.144 e. The van der Waals surface area contributed by atoms with Crippen molar-refractivity contribution in [3.05, 3.63) is 59.2 Å². The maximum atomic E-state index is 8.96. The summed E-state index contributed by atoms with van der Waals surface area (Å²) in [4.78, 5) is 8.42. The van der Waals surface area contributed by atoms with E-state index >= 15 is 0 Å². The van der Waals surface area contributed by atoms with Crippen LogP contribution in [0.2, 0.25) is 0 Å². The highest BCUT2D eigenvalue weighted by atomic mass is 14.9. The van der Waals surface area contributed by atoms with E-state index in [4.69, 9.17) is 5.26 Å². The predicted molar refractivity (Wildman–Crippen MR) is 73.1 cm³/mol. The Labute approximate surface area is 113 Å². The van der Waals surface area contributed by atoms with Crippen molar-refractivity contribution in [2.75, 3.05) is 0 Å².